The molecule has 6 heteroatoms. The van der Waals surface area contributed by atoms with Crippen molar-refractivity contribution in [1.29, 1.82) is 0 Å². The van der Waals surface area contributed by atoms with Gasteiger partial charge in [-0.25, -0.2) is 0 Å². The number of benzene rings is 2. The van der Waals surface area contributed by atoms with E-state index in [2.05, 4.69) is 59.2 Å². The van der Waals surface area contributed by atoms with Crippen molar-refractivity contribution in [1.82, 2.24) is 0 Å². The van der Waals surface area contributed by atoms with Crippen molar-refractivity contribution in [2.24, 2.45) is 15.0 Å². The summed E-state index contributed by atoms with van der Waals surface area (Å²) >= 11 is 0.194. The molecule has 0 aromatic heterocycles. The molecule has 2 aromatic rings. The summed E-state index contributed by atoms with van der Waals surface area (Å²) in [6.07, 6.45) is 6.49. The first-order valence-corrected chi connectivity index (χ1v) is 11.0. The number of aryl methyl sites for hydroxylation is 2. The van der Waals surface area contributed by atoms with Crippen molar-refractivity contribution >= 4 is 49.7 Å². The Morgan fingerprint density at radius 3 is 1.81 bits per heavy atom. The first-order valence-electron chi connectivity index (χ1n) is 7.95. The summed E-state index contributed by atoms with van der Waals surface area (Å²) in [7, 11) is 9.53. The van der Waals surface area contributed by atoms with Gasteiger partial charge in [-0.05, 0) is 38.1 Å². The molecular weight excluding hydrogens is 409 g/mol. The molecule has 1 aliphatic heterocycles. The number of hydrogen-bond donors (Lipinski definition) is 0. The molecule has 3 nitrogen and oxygen atoms in total. The van der Waals surface area contributed by atoms with Gasteiger partial charge in [0.25, 0.3) is 0 Å². The SMILES string of the molecule is Cc1ccc(N=CC2=CCC(C=Nc3ccc(C)cc3)=N2)cc1.[Cl][Fe][Cl]. The van der Waals surface area contributed by atoms with E-state index in [9.17, 15) is 0 Å². The predicted octanol–water partition coefficient (Wildman–Crippen LogP) is 6.51. The molecular formula is C20H19Cl2FeN3. The van der Waals surface area contributed by atoms with Gasteiger partial charge in [0.1, 0.15) is 0 Å². The molecule has 0 unspecified atom stereocenters. The minimum atomic E-state index is 0.194. The molecule has 0 saturated heterocycles. The van der Waals surface area contributed by atoms with E-state index in [-0.39, 0.29) is 13.1 Å². The van der Waals surface area contributed by atoms with Crippen LogP contribution in [0.5, 0.6) is 0 Å². The molecule has 1 heterocycles. The van der Waals surface area contributed by atoms with Gasteiger partial charge in [0.2, 0.25) is 0 Å². The van der Waals surface area contributed by atoms with Gasteiger partial charge in [-0.3, -0.25) is 15.0 Å². The number of halogens is 2. The molecule has 2 aromatic carbocycles. The van der Waals surface area contributed by atoms with Gasteiger partial charge >= 0.3 is 33.3 Å². The molecule has 0 amide bonds. The van der Waals surface area contributed by atoms with Crippen LogP contribution in [0.4, 0.5) is 11.4 Å². The number of aliphatic imine (C=N–C) groups is 3. The Balaban J connectivity index is 0.000000758. The Kier molecular flexibility index (Phi) is 8.79. The van der Waals surface area contributed by atoms with Crippen LogP contribution in [0.2, 0.25) is 0 Å². The summed E-state index contributed by atoms with van der Waals surface area (Å²) in [5.41, 5.74) is 6.19. The van der Waals surface area contributed by atoms with E-state index in [0.717, 1.165) is 29.2 Å². The van der Waals surface area contributed by atoms with Gasteiger partial charge in [0.15, 0.2) is 0 Å². The molecule has 136 valence electrons. The second-order valence-electron chi connectivity index (χ2n) is 5.67. The third-order valence-corrected chi connectivity index (χ3v) is 3.57. The third-order valence-electron chi connectivity index (χ3n) is 3.57. The molecule has 26 heavy (non-hydrogen) atoms. The van der Waals surface area contributed by atoms with Crippen LogP contribution in [-0.2, 0) is 13.1 Å². The fraction of sp³-hybridized carbons (Fsp3) is 0.150. The van der Waals surface area contributed by atoms with Gasteiger partial charge < -0.3 is 0 Å². The van der Waals surface area contributed by atoms with E-state index in [1.165, 1.54) is 11.1 Å². The fourth-order valence-electron chi connectivity index (χ4n) is 2.18. The number of rotatable bonds is 4. The Morgan fingerprint density at radius 1 is 0.846 bits per heavy atom. The van der Waals surface area contributed by atoms with Crippen molar-refractivity contribution < 1.29 is 13.1 Å². The number of allylic oxidation sites excluding steroid dienone is 2. The summed E-state index contributed by atoms with van der Waals surface area (Å²) in [5.74, 6) is 0. The first-order chi connectivity index (χ1) is 12.6. The zero-order valence-electron chi connectivity index (χ0n) is 14.5. The van der Waals surface area contributed by atoms with E-state index in [4.69, 9.17) is 20.2 Å². The fourth-order valence-corrected chi connectivity index (χ4v) is 2.18. The molecule has 0 aliphatic carbocycles. The Labute approximate surface area is 169 Å². The second-order valence-corrected chi connectivity index (χ2v) is 7.50. The van der Waals surface area contributed by atoms with E-state index in [0.29, 0.717) is 0 Å². The van der Waals surface area contributed by atoms with Crippen LogP contribution in [0.25, 0.3) is 0 Å². The van der Waals surface area contributed by atoms with Gasteiger partial charge in [-0.2, -0.15) is 0 Å². The summed E-state index contributed by atoms with van der Waals surface area (Å²) < 4.78 is 0. The van der Waals surface area contributed by atoms with E-state index in [1.54, 1.807) is 6.21 Å². The Hall–Kier alpha value is -1.71. The monoisotopic (exact) mass is 427 g/mol. The van der Waals surface area contributed by atoms with E-state index >= 15 is 0 Å². The molecule has 0 bridgehead atoms. The quantitative estimate of drug-likeness (QED) is 0.393. The third kappa shape index (κ3) is 7.27. The summed E-state index contributed by atoms with van der Waals surface area (Å²) in [6, 6.07) is 16.2. The summed E-state index contributed by atoms with van der Waals surface area (Å²) in [6.45, 7) is 4.13. The molecule has 0 saturated carbocycles. The van der Waals surface area contributed by atoms with E-state index < -0.39 is 0 Å². The van der Waals surface area contributed by atoms with Gasteiger partial charge in [-0.1, -0.05) is 41.5 Å². The van der Waals surface area contributed by atoms with Crippen LogP contribution in [-0.4, -0.2) is 18.1 Å². The van der Waals surface area contributed by atoms with Crippen molar-refractivity contribution in [3.05, 3.63) is 71.4 Å². The normalized spacial score (nSPS) is 13.7. The minimum absolute atomic E-state index is 0.194. The van der Waals surface area contributed by atoms with Gasteiger partial charge in [0, 0.05) is 12.6 Å². The van der Waals surface area contributed by atoms with Crippen LogP contribution in [0.15, 0.2) is 75.3 Å². The van der Waals surface area contributed by atoms with Gasteiger partial charge in [0.05, 0.1) is 29.0 Å². The van der Waals surface area contributed by atoms with Gasteiger partial charge in [-0.15, -0.1) is 0 Å². The van der Waals surface area contributed by atoms with Crippen LogP contribution < -0.4 is 0 Å². The Morgan fingerprint density at radius 2 is 1.31 bits per heavy atom. The molecule has 0 fully saturated rings. The zero-order valence-corrected chi connectivity index (χ0v) is 17.1. The van der Waals surface area contributed by atoms with Crippen LogP contribution in [0.1, 0.15) is 17.5 Å². The van der Waals surface area contributed by atoms with Crippen molar-refractivity contribution in [3.8, 4) is 0 Å². The Bertz CT molecular complexity index is 823. The molecule has 0 radical (unpaired) electrons. The average molecular weight is 428 g/mol. The van der Waals surface area contributed by atoms with Crippen molar-refractivity contribution in [3.63, 3.8) is 0 Å². The standard InChI is InChI=1S/C20H19N3.2ClH.Fe/c1-15-3-7-17(8-4-15)21-13-19-11-12-20(23-19)14-22-18-9-5-16(2)6-10-18;;;/h3-11,13-14H,12H2,1-2H3;2*1H;/q;;;+2/p-2. The summed E-state index contributed by atoms with van der Waals surface area (Å²) in [4.78, 5) is 13.4. The second kappa shape index (κ2) is 11.1. The maximum absolute atomic E-state index is 4.76. The zero-order chi connectivity index (χ0) is 18.8. The first kappa shape index (κ1) is 20.6. The molecule has 3 rings (SSSR count). The maximum atomic E-state index is 4.76. The molecule has 0 spiro atoms. The van der Waals surface area contributed by atoms with Crippen LogP contribution >= 0.6 is 20.2 Å². The van der Waals surface area contributed by atoms with Crippen molar-refractivity contribution in [2.45, 2.75) is 20.3 Å². The average Bonchev–Trinajstić information content (AvgIpc) is 3.09. The topological polar surface area (TPSA) is 37.1 Å². The van der Waals surface area contributed by atoms with Crippen molar-refractivity contribution in [2.75, 3.05) is 0 Å². The van der Waals surface area contributed by atoms with E-state index in [1.807, 2.05) is 30.5 Å². The molecule has 0 N–H and O–H groups in total. The van der Waals surface area contributed by atoms with Crippen LogP contribution in [0, 0.1) is 13.8 Å². The number of hydrogen-bond acceptors (Lipinski definition) is 3. The predicted molar refractivity (Wildman–Crippen MR) is 111 cm³/mol. The molecule has 0 atom stereocenters. The molecule has 1 aliphatic rings. The van der Waals surface area contributed by atoms with Crippen LogP contribution in [0.3, 0.4) is 0 Å². The number of nitrogens with zero attached hydrogens (tertiary/aromatic N) is 3. The summed E-state index contributed by atoms with van der Waals surface area (Å²) in [5, 5.41) is 0.